The van der Waals surface area contributed by atoms with Crippen molar-refractivity contribution in [2.24, 2.45) is 5.92 Å². The molecule has 4 aromatic rings. The number of hydrogen-bond acceptors (Lipinski definition) is 11. The fourth-order valence-corrected chi connectivity index (χ4v) is 4.79. The number of ketones is 3. The molecule has 1 atom stereocenters. The third-order valence-electron chi connectivity index (χ3n) is 6.68. The van der Waals surface area contributed by atoms with E-state index >= 15 is 0 Å². The van der Waals surface area contributed by atoms with Crippen LogP contribution in [0, 0.1) is 12.8 Å². The van der Waals surface area contributed by atoms with Gasteiger partial charge in [0.25, 0.3) is 0 Å². The number of hydrogen-bond donors (Lipinski definition) is 5. The summed E-state index contributed by atoms with van der Waals surface area (Å²) >= 11 is 0. The third-order valence-corrected chi connectivity index (χ3v) is 6.68. The second-order valence-corrected chi connectivity index (χ2v) is 9.01. The van der Waals surface area contributed by atoms with Gasteiger partial charge in [-0.3, -0.25) is 19.2 Å². The first kappa shape index (κ1) is 25.3. The van der Waals surface area contributed by atoms with Crippen molar-refractivity contribution >= 4 is 45.3 Å². The Kier molecular flexibility index (Phi) is 5.56. The number of ether oxygens (including phenoxy) is 1. The number of phenols is 4. The lowest BCUT2D eigenvalue weighted by molar-refractivity contribution is 0.0657. The number of carbonyl (C=O) groups excluding carboxylic acids is 3. The molecule has 1 aliphatic heterocycles. The van der Waals surface area contributed by atoms with Crippen LogP contribution in [0.3, 0.4) is 0 Å². The number of fused-ring (bicyclic) bond motifs is 3. The summed E-state index contributed by atoms with van der Waals surface area (Å²) in [6, 6.07) is 3.96. The van der Waals surface area contributed by atoms with Crippen LogP contribution in [0.4, 0.5) is 0 Å². The van der Waals surface area contributed by atoms with Crippen LogP contribution in [0.2, 0.25) is 0 Å². The van der Waals surface area contributed by atoms with E-state index < -0.39 is 75.4 Å². The lowest BCUT2D eigenvalue weighted by Crippen LogP contribution is -2.36. The van der Waals surface area contributed by atoms with Gasteiger partial charge in [0, 0.05) is 17.7 Å². The number of carboxylic acids is 1. The minimum atomic E-state index is -1.75. The Morgan fingerprint density at radius 3 is 2.21 bits per heavy atom. The van der Waals surface area contributed by atoms with Crippen molar-refractivity contribution in [3.05, 3.63) is 62.3 Å². The molecule has 0 saturated carbocycles. The molecule has 198 valence electrons. The van der Waals surface area contributed by atoms with E-state index in [9.17, 15) is 49.5 Å². The molecular formula is C27H18O12. The lowest BCUT2D eigenvalue weighted by atomic mass is 9.83. The average molecular weight is 534 g/mol. The topological polar surface area (TPSA) is 209 Å². The number of aromatic hydroxyl groups is 4. The van der Waals surface area contributed by atoms with Crippen molar-refractivity contribution in [3.63, 3.8) is 0 Å². The summed E-state index contributed by atoms with van der Waals surface area (Å²) in [5, 5.41) is 48.7. The van der Waals surface area contributed by atoms with Crippen LogP contribution in [-0.4, -0.2) is 55.5 Å². The van der Waals surface area contributed by atoms with Gasteiger partial charge in [-0.2, -0.15) is 0 Å². The second-order valence-electron chi connectivity index (χ2n) is 9.01. The highest BCUT2D eigenvalue weighted by Gasteiger charge is 2.40. The monoisotopic (exact) mass is 534 g/mol. The SMILES string of the molecule is CC(=O)c1c(C)c(C(=O)[C@H]2COc3cc(O)c(O)c(C(=O)O)c3C2=O)cc2c(=O)c3cc(O)c(O)cc3oc12. The van der Waals surface area contributed by atoms with E-state index in [1.807, 2.05) is 0 Å². The van der Waals surface area contributed by atoms with Gasteiger partial charge in [-0.25, -0.2) is 4.79 Å². The van der Waals surface area contributed by atoms with Crippen LogP contribution in [-0.2, 0) is 0 Å². The number of rotatable bonds is 4. The molecule has 12 nitrogen and oxygen atoms in total. The number of Topliss-reactive ketones (excluding diaryl/α,β-unsaturated/α-hetero) is 3. The maximum atomic E-state index is 13.7. The Morgan fingerprint density at radius 2 is 1.56 bits per heavy atom. The minimum Gasteiger partial charge on any atom is -0.504 e. The molecule has 5 N–H and O–H groups in total. The van der Waals surface area contributed by atoms with Crippen LogP contribution in [0.15, 0.2) is 33.5 Å². The predicted octanol–water partition coefficient (Wildman–Crippen LogP) is 3.05. The Hall–Kier alpha value is -5.39. The van der Waals surface area contributed by atoms with Gasteiger partial charge in [0.2, 0.25) is 5.43 Å². The van der Waals surface area contributed by atoms with Gasteiger partial charge in [-0.15, -0.1) is 0 Å². The van der Waals surface area contributed by atoms with E-state index in [4.69, 9.17) is 9.15 Å². The molecule has 1 aliphatic rings. The van der Waals surface area contributed by atoms with Crippen LogP contribution in [0.25, 0.3) is 21.9 Å². The van der Waals surface area contributed by atoms with Crippen molar-refractivity contribution in [2.75, 3.05) is 6.61 Å². The largest absolute Gasteiger partial charge is 0.504 e. The van der Waals surface area contributed by atoms with E-state index in [1.165, 1.54) is 13.8 Å². The minimum absolute atomic E-state index is 0.0658. The number of carbonyl (C=O) groups is 4. The van der Waals surface area contributed by atoms with E-state index in [2.05, 4.69) is 0 Å². The van der Waals surface area contributed by atoms with Crippen molar-refractivity contribution in [1.29, 1.82) is 0 Å². The molecule has 12 heteroatoms. The summed E-state index contributed by atoms with van der Waals surface area (Å²) in [6.07, 6.45) is 0. The molecule has 0 unspecified atom stereocenters. The Labute approximate surface area is 216 Å². The van der Waals surface area contributed by atoms with Gasteiger partial charge in [0.15, 0.2) is 40.3 Å². The van der Waals surface area contributed by atoms with Crippen LogP contribution >= 0.6 is 0 Å². The number of phenolic OH excluding ortho intramolecular Hbond substituents is 3. The highest BCUT2D eigenvalue weighted by molar-refractivity contribution is 6.23. The number of aromatic carboxylic acids is 1. The molecule has 2 heterocycles. The van der Waals surface area contributed by atoms with Gasteiger partial charge in [-0.1, -0.05) is 0 Å². The summed E-state index contributed by atoms with van der Waals surface area (Å²) in [5.74, 6) is -9.27. The van der Waals surface area contributed by atoms with E-state index in [0.717, 1.165) is 24.3 Å². The summed E-state index contributed by atoms with van der Waals surface area (Å²) in [5.41, 5.74) is -2.88. The zero-order chi connectivity index (χ0) is 28.5. The highest BCUT2D eigenvalue weighted by Crippen LogP contribution is 2.42. The normalized spacial score (nSPS) is 14.7. The van der Waals surface area contributed by atoms with Crippen molar-refractivity contribution in [2.45, 2.75) is 13.8 Å². The highest BCUT2D eigenvalue weighted by atomic mass is 16.5. The number of carboxylic acid groups (broad SMARTS) is 1. The summed E-state index contributed by atoms with van der Waals surface area (Å²) in [7, 11) is 0. The van der Waals surface area contributed by atoms with Gasteiger partial charge in [0.1, 0.15) is 35.0 Å². The van der Waals surface area contributed by atoms with Crippen molar-refractivity contribution in [1.82, 2.24) is 0 Å². The Balaban J connectivity index is 1.73. The molecule has 0 fully saturated rings. The zero-order valence-corrected chi connectivity index (χ0v) is 20.2. The van der Waals surface area contributed by atoms with Crippen LogP contribution in [0.5, 0.6) is 28.7 Å². The molecule has 0 aliphatic carbocycles. The molecular weight excluding hydrogens is 516 g/mol. The van der Waals surface area contributed by atoms with Crippen molar-refractivity contribution < 1.29 is 53.9 Å². The predicted molar refractivity (Wildman–Crippen MR) is 132 cm³/mol. The van der Waals surface area contributed by atoms with E-state index in [1.54, 1.807) is 0 Å². The lowest BCUT2D eigenvalue weighted by Gasteiger charge is -2.25. The fraction of sp³-hybridized carbons (Fsp3) is 0.148. The molecule has 0 bridgehead atoms. The first-order valence-electron chi connectivity index (χ1n) is 11.3. The molecule has 39 heavy (non-hydrogen) atoms. The molecule has 0 amide bonds. The Bertz CT molecular complexity index is 1880. The molecule has 0 saturated heterocycles. The fourth-order valence-electron chi connectivity index (χ4n) is 4.79. The van der Waals surface area contributed by atoms with E-state index in [-0.39, 0.29) is 44.4 Å². The average Bonchev–Trinajstić information content (AvgIpc) is 2.86. The standard InChI is InChI=1S/C27H18O12/c1-8-10(22(32)13-7-38-18-6-16(31)25(35)21(27(36)37)20(18)24(13)34)3-12-23(33)11-4-14(29)15(30)5-17(11)39-26(12)19(8)9(2)28/h3-6,13,29-31,35H,7H2,1-2H3,(H,36,37)/t13-/m1/s1. The number of benzene rings is 3. The first-order valence-corrected chi connectivity index (χ1v) is 11.3. The molecule has 0 radical (unpaired) electrons. The Morgan fingerprint density at radius 1 is 0.897 bits per heavy atom. The maximum Gasteiger partial charge on any atom is 0.340 e. The van der Waals surface area contributed by atoms with Gasteiger partial charge in [0.05, 0.1) is 21.9 Å². The summed E-state index contributed by atoms with van der Waals surface area (Å²) in [6.45, 7) is 2.02. The molecule has 3 aromatic carbocycles. The zero-order valence-electron chi connectivity index (χ0n) is 20.2. The second kappa shape index (κ2) is 8.58. The third kappa shape index (κ3) is 3.64. The molecule has 0 spiro atoms. The van der Waals surface area contributed by atoms with Gasteiger partial charge in [-0.05, 0) is 31.5 Å². The van der Waals surface area contributed by atoms with Crippen LogP contribution < -0.4 is 10.2 Å². The smallest absolute Gasteiger partial charge is 0.340 e. The first-order chi connectivity index (χ1) is 18.3. The quantitative estimate of drug-likeness (QED) is 0.111. The van der Waals surface area contributed by atoms with Gasteiger partial charge < -0.3 is 34.7 Å². The summed E-state index contributed by atoms with van der Waals surface area (Å²) < 4.78 is 11.2. The van der Waals surface area contributed by atoms with Gasteiger partial charge >= 0.3 is 5.97 Å². The summed E-state index contributed by atoms with van der Waals surface area (Å²) in [4.78, 5) is 64.8. The maximum absolute atomic E-state index is 13.7. The molecule has 1 aromatic heterocycles. The van der Waals surface area contributed by atoms with Crippen molar-refractivity contribution in [3.8, 4) is 28.7 Å². The van der Waals surface area contributed by atoms with E-state index in [0.29, 0.717) is 0 Å². The molecule has 5 rings (SSSR count). The van der Waals surface area contributed by atoms with Crippen LogP contribution in [0.1, 0.15) is 53.9 Å².